The third-order valence-corrected chi connectivity index (χ3v) is 5.83. The summed E-state index contributed by atoms with van der Waals surface area (Å²) in [6.45, 7) is 9.13. The van der Waals surface area contributed by atoms with Gasteiger partial charge in [0, 0.05) is 24.9 Å². The van der Waals surface area contributed by atoms with Gasteiger partial charge in [0.25, 0.3) is 0 Å². The molecule has 0 aliphatic carbocycles. The summed E-state index contributed by atoms with van der Waals surface area (Å²) in [6.07, 6.45) is 2.49. The molecule has 160 valence electrons. The van der Waals surface area contributed by atoms with E-state index in [1.165, 1.54) is 35.4 Å². The Hall–Kier alpha value is -3.51. The number of hydrogen-bond acceptors (Lipinski definition) is 6. The summed E-state index contributed by atoms with van der Waals surface area (Å²) < 4.78 is 26.8. The predicted octanol–water partition coefficient (Wildman–Crippen LogP) is 3.36. The van der Waals surface area contributed by atoms with Crippen LogP contribution in [0.2, 0.25) is 0 Å². The molecule has 1 saturated heterocycles. The first-order valence-electron chi connectivity index (χ1n) is 9.94. The standard InChI is InChI=1S/C22H22FN5O3/c1-4-14-10-17-20(29)28(3)21(24)27-22(17,12-30-14)16-11-15(5-6-18(16)23)31-19-9-13(25-2)7-8-26-19/h5-9,11,14,17H,4,10,12H2,1,3H3,(H2,24,27)/t14-,17-,22+/m0/s1. The number of ether oxygens (including phenoxy) is 2. The highest BCUT2D eigenvalue weighted by Crippen LogP contribution is 2.46. The molecular formula is C22H22FN5O3. The van der Waals surface area contributed by atoms with Crippen molar-refractivity contribution in [2.75, 3.05) is 13.7 Å². The molecule has 31 heavy (non-hydrogen) atoms. The van der Waals surface area contributed by atoms with Crippen LogP contribution in [0.3, 0.4) is 0 Å². The van der Waals surface area contributed by atoms with Gasteiger partial charge in [-0.3, -0.25) is 9.69 Å². The van der Waals surface area contributed by atoms with Crippen LogP contribution < -0.4 is 10.5 Å². The minimum atomic E-state index is -1.28. The first-order valence-corrected chi connectivity index (χ1v) is 9.94. The predicted molar refractivity (Wildman–Crippen MR) is 111 cm³/mol. The van der Waals surface area contributed by atoms with Gasteiger partial charge in [0.2, 0.25) is 11.8 Å². The fourth-order valence-electron chi connectivity index (χ4n) is 4.07. The highest BCUT2D eigenvalue weighted by atomic mass is 19.1. The first-order chi connectivity index (χ1) is 14.9. The largest absolute Gasteiger partial charge is 0.440 e. The van der Waals surface area contributed by atoms with Crippen LogP contribution in [0.4, 0.5) is 10.1 Å². The molecule has 3 atom stereocenters. The maximum Gasteiger partial charge on any atom is 0.235 e. The molecule has 1 aromatic heterocycles. The van der Waals surface area contributed by atoms with Gasteiger partial charge in [-0.1, -0.05) is 6.92 Å². The summed E-state index contributed by atoms with van der Waals surface area (Å²) in [5, 5.41) is 0. The van der Waals surface area contributed by atoms with Crippen LogP contribution in [-0.4, -0.2) is 41.5 Å². The molecule has 2 aliphatic heterocycles. The zero-order chi connectivity index (χ0) is 22.2. The highest BCUT2D eigenvalue weighted by Gasteiger charge is 2.54. The molecule has 0 radical (unpaired) electrons. The number of fused-ring (bicyclic) bond motifs is 1. The summed E-state index contributed by atoms with van der Waals surface area (Å²) in [4.78, 5) is 26.4. The number of guanidine groups is 1. The smallest absolute Gasteiger partial charge is 0.235 e. The number of benzene rings is 1. The lowest BCUT2D eigenvalue weighted by molar-refractivity contribution is -0.145. The van der Waals surface area contributed by atoms with Crippen LogP contribution in [0.5, 0.6) is 11.6 Å². The molecule has 4 rings (SSSR count). The van der Waals surface area contributed by atoms with Crippen LogP contribution in [0.15, 0.2) is 41.5 Å². The molecule has 0 spiro atoms. The quantitative estimate of drug-likeness (QED) is 0.761. The lowest BCUT2D eigenvalue weighted by atomic mass is 9.72. The topological polar surface area (TPSA) is 94.4 Å². The molecule has 3 heterocycles. The molecule has 0 unspecified atom stereocenters. The number of aromatic nitrogens is 1. The van der Waals surface area contributed by atoms with E-state index in [1.807, 2.05) is 6.92 Å². The normalized spacial score (nSPS) is 25.4. The van der Waals surface area contributed by atoms with Gasteiger partial charge in [-0.25, -0.2) is 19.2 Å². The molecule has 1 aromatic carbocycles. The van der Waals surface area contributed by atoms with Crippen LogP contribution >= 0.6 is 0 Å². The number of rotatable bonds is 4. The van der Waals surface area contributed by atoms with Crippen molar-refractivity contribution >= 4 is 17.6 Å². The van der Waals surface area contributed by atoms with E-state index < -0.39 is 17.3 Å². The van der Waals surface area contributed by atoms with Crippen molar-refractivity contribution in [3.05, 3.63) is 59.3 Å². The Bertz CT molecular complexity index is 1100. The summed E-state index contributed by atoms with van der Waals surface area (Å²) in [5.41, 5.74) is 5.28. The van der Waals surface area contributed by atoms with Crippen molar-refractivity contribution in [1.29, 1.82) is 0 Å². The fourth-order valence-corrected chi connectivity index (χ4v) is 4.07. The van der Waals surface area contributed by atoms with E-state index >= 15 is 4.39 Å². The van der Waals surface area contributed by atoms with Crippen LogP contribution in [0.1, 0.15) is 25.3 Å². The van der Waals surface area contributed by atoms with Crippen LogP contribution in [0.25, 0.3) is 4.85 Å². The number of nitrogens with zero attached hydrogens (tertiary/aromatic N) is 4. The zero-order valence-corrected chi connectivity index (χ0v) is 17.2. The Morgan fingerprint density at radius 2 is 2.23 bits per heavy atom. The van der Waals surface area contributed by atoms with Crippen molar-refractivity contribution in [3.63, 3.8) is 0 Å². The van der Waals surface area contributed by atoms with E-state index in [0.717, 1.165) is 6.42 Å². The highest BCUT2D eigenvalue weighted by molar-refractivity contribution is 6.00. The van der Waals surface area contributed by atoms with E-state index in [-0.39, 0.29) is 36.0 Å². The second kappa shape index (κ2) is 7.96. The Labute approximate surface area is 179 Å². The Balaban J connectivity index is 1.78. The summed E-state index contributed by atoms with van der Waals surface area (Å²) in [5.74, 6) is -0.849. The summed E-state index contributed by atoms with van der Waals surface area (Å²) in [6, 6.07) is 7.26. The molecule has 2 aromatic rings. The van der Waals surface area contributed by atoms with Crippen LogP contribution in [-0.2, 0) is 15.1 Å². The van der Waals surface area contributed by atoms with E-state index in [1.54, 1.807) is 13.1 Å². The SMILES string of the molecule is [C-]#[N+]c1ccnc(Oc2ccc(F)c([C@]34CO[C@@H](CC)C[C@H]3C(=O)N(C)C(N)=N4)c2)c1. The van der Waals surface area contributed by atoms with Gasteiger partial charge in [-0.2, -0.15) is 0 Å². The van der Waals surface area contributed by atoms with E-state index in [9.17, 15) is 4.79 Å². The second-order valence-electron chi connectivity index (χ2n) is 7.63. The third-order valence-electron chi connectivity index (χ3n) is 5.83. The lowest BCUT2D eigenvalue weighted by Gasteiger charge is -2.47. The van der Waals surface area contributed by atoms with Gasteiger partial charge in [0.05, 0.1) is 25.2 Å². The molecule has 2 N–H and O–H groups in total. The molecule has 2 aliphatic rings. The van der Waals surface area contributed by atoms with Crippen LogP contribution in [0, 0.1) is 18.3 Å². The lowest BCUT2D eigenvalue weighted by Crippen LogP contribution is -2.59. The average molecular weight is 423 g/mol. The average Bonchev–Trinajstić information content (AvgIpc) is 2.78. The number of pyridine rings is 1. The number of carbonyl (C=O) groups excluding carboxylic acids is 1. The summed E-state index contributed by atoms with van der Waals surface area (Å²) in [7, 11) is 1.56. The minimum Gasteiger partial charge on any atom is -0.440 e. The zero-order valence-electron chi connectivity index (χ0n) is 17.2. The summed E-state index contributed by atoms with van der Waals surface area (Å²) >= 11 is 0. The molecule has 8 nitrogen and oxygen atoms in total. The van der Waals surface area contributed by atoms with E-state index in [2.05, 4.69) is 14.8 Å². The van der Waals surface area contributed by atoms with Gasteiger partial charge < -0.3 is 15.2 Å². The Morgan fingerprint density at radius 1 is 1.42 bits per heavy atom. The molecule has 9 heteroatoms. The Morgan fingerprint density at radius 3 is 2.97 bits per heavy atom. The molecule has 0 saturated carbocycles. The maximum absolute atomic E-state index is 15.1. The number of hydrogen-bond donors (Lipinski definition) is 1. The maximum atomic E-state index is 15.1. The number of nitrogens with two attached hydrogens (primary N) is 1. The number of amides is 1. The van der Waals surface area contributed by atoms with E-state index in [0.29, 0.717) is 17.9 Å². The first kappa shape index (κ1) is 20.8. The van der Waals surface area contributed by atoms with Gasteiger partial charge in [0.15, 0.2) is 11.6 Å². The monoisotopic (exact) mass is 423 g/mol. The molecule has 0 bridgehead atoms. The molecular weight excluding hydrogens is 401 g/mol. The number of halogens is 1. The van der Waals surface area contributed by atoms with E-state index in [4.69, 9.17) is 21.8 Å². The minimum absolute atomic E-state index is 0.0111. The van der Waals surface area contributed by atoms with Crippen molar-refractivity contribution in [1.82, 2.24) is 9.88 Å². The fraction of sp³-hybridized carbons (Fsp3) is 0.364. The number of carbonyl (C=O) groups is 1. The second-order valence-corrected chi connectivity index (χ2v) is 7.63. The number of aliphatic imine (C=N–C) groups is 1. The van der Waals surface area contributed by atoms with Crippen molar-refractivity contribution in [2.45, 2.75) is 31.4 Å². The van der Waals surface area contributed by atoms with Gasteiger partial charge in [-0.15, -0.1) is 0 Å². The Kier molecular flexibility index (Phi) is 5.33. The molecule has 1 amide bonds. The molecule has 1 fully saturated rings. The van der Waals surface area contributed by atoms with Crippen molar-refractivity contribution in [2.24, 2.45) is 16.6 Å². The van der Waals surface area contributed by atoms with Crippen molar-refractivity contribution in [3.8, 4) is 11.6 Å². The van der Waals surface area contributed by atoms with Gasteiger partial charge >= 0.3 is 0 Å². The third kappa shape index (κ3) is 3.59. The van der Waals surface area contributed by atoms with Crippen molar-refractivity contribution < 1.29 is 18.7 Å². The van der Waals surface area contributed by atoms with Gasteiger partial charge in [-0.05, 0) is 37.1 Å². The van der Waals surface area contributed by atoms with Gasteiger partial charge in [0.1, 0.15) is 17.1 Å².